The predicted octanol–water partition coefficient (Wildman–Crippen LogP) is 1.78. The van der Waals surface area contributed by atoms with Gasteiger partial charge in [0.05, 0.1) is 22.2 Å². The topological polar surface area (TPSA) is 69.9 Å². The van der Waals surface area contributed by atoms with Crippen LogP contribution < -0.4 is 4.90 Å². The summed E-state index contributed by atoms with van der Waals surface area (Å²) in [4.78, 5) is 14.5. The van der Waals surface area contributed by atoms with Crippen LogP contribution >= 0.6 is 24.0 Å². The summed E-state index contributed by atoms with van der Waals surface area (Å²) in [6, 6.07) is 4.56. The van der Waals surface area contributed by atoms with Crippen LogP contribution in [0.5, 0.6) is 0 Å². The Hall–Kier alpha value is -1.08. The number of nitrogens with zero attached hydrogens (tertiary/aromatic N) is 3. The summed E-state index contributed by atoms with van der Waals surface area (Å²) in [7, 11) is 0. The number of piperazine rings is 1. The van der Waals surface area contributed by atoms with E-state index in [9.17, 15) is 10.1 Å². The van der Waals surface area contributed by atoms with Gasteiger partial charge in [0.2, 0.25) is 0 Å². The fourth-order valence-electron chi connectivity index (χ4n) is 2.22. The highest BCUT2D eigenvalue weighted by Crippen LogP contribution is 2.30. The molecule has 1 aromatic rings. The minimum atomic E-state index is -0.450. The number of halogens is 2. The molecule has 0 atom stereocenters. The van der Waals surface area contributed by atoms with Crippen molar-refractivity contribution in [2.75, 3.05) is 44.2 Å². The lowest BCUT2D eigenvalue weighted by Gasteiger charge is -2.36. The van der Waals surface area contributed by atoms with Gasteiger partial charge in [-0.1, -0.05) is 11.6 Å². The van der Waals surface area contributed by atoms with Crippen molar-refractivity contribution in [2.24, 2.45) is 0 Å². The quantitative estimate of drug-likeness (QED) is 0.676. The highest BCUT2D eigenvalue weighted by Gasteiger charge is 2.19. The Morgan fingerprint density at radius 2 is 1.95 bits per heavy atom. The van der Waals surface area contributed by atoms with Gasteiger partial charge in [0.1, 0.15) is 0 Å². The minimum absolute atomic E-state index is 0. The average Bonchev–Trinajstić information content (AvgIpc) is 2.40. The van der Waals surface area contributed by atoms with Crippen molar-refractivity contribution in [3.63, 3.8) is 0 Å². The number of benzene rings is 1. The van der Waals surface area contributed by atoms with E-state index in [0.717, 1.165) is 31.9 Å². The standard InChI is InChI=1S/C12H16ClN3O3.ClH/c13-11-9-10(16(18)19)1-2-12(11)15-5-3-14(4-6-15)7-8-17;/h1-2,9,17H,3-8H2;1H. The number of nitro groups is 1. The zero-order valence-corrected chi connectivity index (χ0v) is 12.4. The smallest absolute Gasteiger partial charge is 0.271 e. The van der Waals surface area contributed by atoms with E-state index in [1.807, 2.05) is 0 Å². The van der Waals surface area contributed by atoms with E-state index in [1.165, 1.54) is 12.1 Å². The Morgan fingerprint density at radius 3 is 2.45 bits per heavy atom. The third-order valence-corrected chi connectivity index (χ3v) is 3.57. The number of aliphatic hydroxyl groups is 1. The van der Waals surface area contributed by atoms with Crippen molar-refractivity contribution in [2.45, 2.75) is 0 Å². The molecule has 0 aromatic heterocycles. The van der Waals surface area contributed by atoms with Crippen molar-refractivity contribution in [1.82, 2.24) is 4.90 Å². The number of aliphatic hydroxyl groups excluding tert-OH is 1. The number of hydrogen-bond acceptors (Lipinski definition) is 5. The molecule has 0 unspecified atom stereocenters. The van der Waals surface area contributed by atoms with Crippen LogP contribution in [-0.4, -0.2) is 54.3 Å². The molecule has 1 fully saturated rings. The molecule has 0 radical (unpaired) electrons. The van der Waals surface area contributed by atoms with Gasteiger partial charge < -0.3 is 10.0 Å². The second-order valence-electron chi connectivity index (χ2n) is 4.45. The molecule has 0 bridgehead atoms. The highest BCUT2D eigenvalue weighted by molar-refractivity contribution is 6.33. The Kier molecular flexibility index (Phi) is 6.48. The molecule has 6 nitrogen and oxygen atoms in total. The molecule has 1 N–H and O–H groups in total. The van der Waals surface area contributed by atoms with Gasteiger partial charge in [-0.25, -0.2) is 0 Å². The van der Waals surface area contributed by atoms with Gasteiger partial charge in [0, 0.05) is 44.9 Å². The Balaban J connectivity index is 0.00000200. The van der Waals surface area contributed by atoms with Crippen LogP contribution in [0.2, 0.25) is 5.02 Å². The SMILES string of the molecule is Cl.O=[N+]([O-])c1ccc(N2CCN(CCO)CC2)c(Cl)c1. The van der Waals surface area contributed by atoms with E-state index in [4.69, 9.17) is 16.7 Å². The Morgan fingerprint density at radius 1 is 1.30 bits per heavy atom. The molecular weight excluding hydrogens is 305 g/mol. The van der Waals surface area contributed by atoms with Crippen molar-refractivity contribution >= 4 is 35.4 Å². The van der Waals surface area contributed by atoms with E-state index < -0.39 is 4.92 Å². The Labute approximate surface area is 128 Å². The number of hydrogen-bond donors (Lipinski definition) is 1. The van der Waals surface area contributed by atoms with Gasteiger partial charge in [-0.2, -0.15) is 0 Å². The van der Waals surface area contributed by atoms with Crippen LogP contribution in [0.3, 0.4) is 0 Å². The van der Waals surface area contributed by atoms with Gasteiger partial charge in [0.15, 0.2) is 0 Å². The molecule has 2 rings (SSSR count). The molecule has 20 heavy (non-hydrogen) atoms. The van der Waals surface area contributed by atoms with Crippen LogP contribution in [0.1, 0.15) is 0 Å². The third-order valence-electron chi connectivity index (χ3n) is 3.27. The first-order valence-electron chi connectivity index (χ1n) is 6.14. The van der Waals surface area contributed by atoms with Gasteiger partial charge >= 0.3 is 0 Å². The second-order valence-corrected chi connectivity index (χ2v) is 4.85. The van der Waals surface area contributed by atoms with Crippen LogP contribution in [0.4, 0.5) is 11.4 Å². The monoisotopic (exact) mass is 321 g/mol. The molecule has 1 aliphatic heterocycles. The van der Waals surface area contributed by atoms with E-state index in [1.54, 1.807) is 6.07 Å². The van der Waals surface area contributed by atoms with Crippen molar-refractivity contribution in [3.8, 4) is 0 Å². The number of non-ortho nitro benzene ring substituents is 1. The van der Waals surface area contributed by atoms with E-state index in [-0.39, 0.29) is 24.7 Å². The summed E-state index contributed by atoms with van der Waals surface area (Å²) in [5, 5.41) is 20.0. The molecule has 0 aliphatic carbocycles. The zero-order valence-electron chi connectivity index (χ0n) is 10.9. The summed E-state index contributed by atoms with van der Waals surface area (Å²) in [6.45, 7) is 4.16. The first-order valence-corrected chi connectivity index (χ1v) is 6.51. The fourth-order valence-corrected chi connectivity index (χ4v) is 2.51. The van der Waals surface area contributed by atoms with Crippen LogP contribution in [0.15, 0.2) is 18.2 Å². The maximum Gasteiger partial charge on any atom is 0.271 e. The molecule has 112 valence electrons. The highest BCUT2D eigenvalue weighted by atomic mass is 35.5. The minimum Gasteiger partial charge on any atom is -0.395 e. The van der Waals surface area contributed by atoms with Gasteiger partial charge in [-0.3, -0.25) is 15.0 Å². The lowest BCUT2D eigenvalue weighted by atomic mass is 10.2. The van der Waals surface area contributed by atoms with E-state index in [0.29, 0.717) is 11.6 Å². The normalized spacial score (nSPS) is 15.8. The summed E-state index contributed by atoms with van der Waals surface area (Å²) < 4.78 is 0. The summed E-state index contributed by atoms with van der Waals surface area (Å²) in [5.74, 6) is 0. The lowest BCUT2D eigenvalue weighted by Crippen LogP contribution is -2.47. The number of rotatable bonds is 4. The molecule has 1 aromatic carbocycles. The zero-order chi connectivity index (χ0) is 13.8. The van der Waals surface area contributed by atoms with Crippen molar-refractivity contribution in [1.29, 1.82) is 0 Å². The van der Waals surface area contributed by atoms with Gasteiger partial charge in [0.25, 0.3) is 5.69 Å². The molecule has 1 saturated heterocycles. The maximum absolute atomic E-state index is 10.7. The first kappa shape index (κ1) is 17.0. The van der Waals surface area contributed by atoms with E-state index in [2.05, 4.69) is 9.80 Å². The number of β-amino-alcohol motifs (C(OH)–C–C–N with tert-alkyl or cyclic N) is 1. The average molecular weight is 322 g/mol. The van der Waals surface area contributed by atoms with Gasteiger partial charge in [-0.05, 0) is 6.07 Å². The fraction of sp³-hybridized carbons (Fsp3) is 0.500. The Bertz CT molecular complexity index is 465. The molecule has 1 aliphatic rings. The predicted molar refractivity (Wildman–Crippen MR) is 81.1 cm³/mol. The van der Waals surface area contributed by atoms with Crippen molar-refractivity contribution < 1.29 is 10.0 Å². The summed E-state index contributed by atoms with van der Waals surface area (Å²) >= 11 is 6.10. The molecule has 0 spiro atoms. The van der Waals surface area contributed by atoms with Crippen molar-refractivity contribution in [3.05, 3.63) is 33.3 Å². The van der Waals surface area contributed by atoms with Crippen LogP contribution in [0, 0.1) is 10.1 Å². The number of nitro benzene ring substituents is 1. The largest absolute Gasteiger partial charge is 0.395 e. The molecule has 1 heterocycles. The summed E-state index contributed by atoms with van der Waals surface area (Å²) in [6.07, 6.45) is 0. The van der Waals surface area contributed by atoms with Gasteiger partial charge in [-0.15, -0.1) is 12.4 Å². The molecule has 0 amide bonds. The maximum atomic E-state index is 10.7. The summed E-state index contributed by atoms with van der Waals surface area (Å²) in [5.41, 5.74) is 0.837. The molecule has 8 heteroatoms. The third kappa shape index (κ3) is 3.96. The van der Waals surface area contributed by atoms with Crippen LogP contribution in [0.25, 0.3) is 0 Å². The second kappa shape index (κ2) is 7.64. The van der Waals surface area contributed by atoms with Crippen LogP contribution in [-0.2, 0) is 0 Å². The lowest BCUT2D eigenvalue weighted by molar-refractivity contribution is -0.384. The molecular formula is C12H17Cl2N3O3. The van der Waals surface area contributed by atoms with E-state index >= 15 is 0 Å². The number of anilines is 1. The first-order chi connectivity index (χ1) is 9.11. The molecule has 0 saturated carbocycles.